The zero-order valence-corrected chi connectivity index (χ0v) is 13.9. The SMILES string of the molecule is Nc1nc(N2CCCC2)cc(N2CCN(c3ccccc3)CC2)n1. The summed E-state index contributed by atoms with van der Waals surface area (Å²) in [6.45, 7) is 6.02. The highest BCUT2D eigenvalue weighted by Crippen LogP contribution is 2.25. The number of nitrogens with two attached hydrogens (primary N) is 1. The van der Waals surface area contributed by atoms with Crippen molar-refractivity contribution in [1.29, 1.82) is 0 Å². The van der Waals surface area contributed by atoms with E-state index in [1.165, 1.54) is 18.5 Å². The molecule has 0 unspecified atom stereocenters. The molecule has 2 fully saturated rings. The minimum Gasteiger partial charge on any atom is -0.368 e. The molecule has 6 nitrogen and oxygen atoms in total. The maximum absolute atomic E-state index is 5.97. The molecule has 2 N–H and O–H groups in total. The van der Waals surface area contributed by atoms with E-state index >= 15 is 0 Å². The molecule has 2 saturated heterocycles. The standard InChI is InChI=1S/C18H24N6/c19-18-20-16(23-8-4-5-9-23)14-17(21-18)24-12-10-22(11-13-24)15-6-2-1-3-7-15/h1-3,6-7,14H,4-5,8-13H2,(H2,19,20,21). The number of para-hydroxylation sites is 1. The Balaban J connectivity index is 1.47. The van der Waals surface area contributed by atoms with E-state index in [2.05, 4.69) is 61.1 Å². The smallest absolute Gasteiger partial charge is 0.223 e. The van der Waals surface area contributed by atoms with Gasteiger partial charge in [0.05, 0.1) is 0 Å². The van der Waals surface area contributed by atoms with Gasteiger partial charge < -0.3 is 20.4 Å². The topological polar surface area (TPSA) is 61.5 Å². The first-order chi connectivity index (χ1) is 11.8. The molecule has 0 aliphatic carbocycles. The van der Waals surface area contributed by atoms with E-state index in [-0.39, 0.29) is 0 Å². The lowest BCUT2D eigenvalue weighted by Crippen LogP contribution is -2.47. The van der Waals surface area contributed by atoms with E-state index in [1.807, 2.05) is 0 Å². The van der Waals surface area contributed by atoms with E-state index in [0.717, 1.165) is 50.9 Å². The summed E-state index contributed by atoms with van der Waals surface area (Å²) in [5.74, 6) is 2.30. The highest BCUT2D eigenvalue weighted by atomic mass is 15.3. The van der Waals surface area contributed by atoms with Crippen molar-refractivity contribution in [3.05, 3.63) is 36.4 Å². The average Bonchev–Trinajstić information content (AvgIpc) is 3.17. The molecule has 126 valence electrons. The van der Waals surface area contributed by atoms with Crippen molar-refractivity contribution < 1.29 is 0 Å². The molecule has 2 aliphatic rings. The number of rotatable bonds is 3. The van der Waals surface area contributed by atoms with Crippen molar-refractivity contribution in [2.24, 2.45) is 0 Å². The second kappa shape index (κ2) is 6.55. The van der Waals surface area contributed by atoms with E-state index in [1.54, 1.807) is 0 Å². The van der Waals surface area contributed by atoms with Gasteiger partial charge in [-0.1, -0.05) is 18.2 Å². The predicted octanol–water partition coefficient (Wildman–Crippen LogP) is 1.99. The monoisotopic (exact) mass is 324 g/mol. The molecule has 24 heavy (non-hydrogen) atoms. The molecule has 0 radical (unpaired) electrons. The van der Waals surface area contributed by atoms with Crippen LogP contribution in [0.3, 0.4) is 0 Å². The van der Waals surface area contributed by atoms with Crippen molar-refractivity contribution >= 4 is 23.3 Å². The molecule has 0 bridgehead atoms. The zero-order valence-electron chi connectivity index (χ0n) is 13.9. The van der Waals surface area contributed by atoms with Crippen LogP contribution in [0.1, 0.15) is 12.8 Å². The van der Waals surface area contributed by atoms with Gasteiger partial charge in [0, 0.05) is 51.0 Å². The molecule has 0 saturated carbocycles. The maximum Gasteiger partial charge on any atom is 0.223 e. The lowest BCUT2D eigenvalue weighted by atomic mass is 10.2. The van der Waals surface area contributed by atoms with Crippen molar-refractivity contribution in [3.63, 3.8) is 0 Å². The molecule has 1 aromatic heterocycles. The Kier molecular flexibility index (Phi) is 4.11. The Morgan fingerprint density at radius 2 is 1.25 bits per heavy atom. The minimum absolute atomic E-state index is 0.375. The van der Waals surface area contributed by atoms with Crippen LogP contribution in [-0.4, -0.2) is 49.2 Å². The maximum atomic E-state index is 5.97. The van der Waals surface area contributed by atoms with Crippen LogP contribution < -0.4 is 20.4 Å². The second-order valence-corrected chi connectivity index (χ2v) is 6.45. The molecule has 6 heteroatoms. The van der Waals surface area contributed by atoms with Gasteiger partial charge in [0.2, 0.25) is 5.95 Å². The third-order valence-corrected chi connectivity index (χ3v) is 4.87. The van der Waals surface area contributed by atoms with Gasteiger partial charge in [-0.25, -0.2) is 0 Å². The van der Waals surface area contributed by atoms with E-state index < -0.39 is 0 Å². The first-order valence-electron chi connectivity index (χ1n) is 8.74. The highest BCUT2D eigenvalue weighted by Gasteiger charge is 2.21. The number of aromatic nitrogens is 2. The first-order valence-corrected chi connectivity index (χ1v) is 8.74. The fourth-order valence-corrected chi connectivity index (χ4v) is 3.54. The summed E-state index contributed by atoms with van der Waals surface area (Å²) in [4.78, 5) is 15.9. The predicted molar refractivity (Wildman–Crippen MR) is 98.8 cm³/mol. The summed E-state index contributed by atoms with van der Waals surface area (Å²) in [6, 6.07) is 12.7. The average molecular weight is 324 g/mol. The Bertz CT molecular complexity index is 675. The van der Waals surface area contributed by atoms with E-state index in [4.69, 9.17) is 5.73 Å². The Morgan fingerprint density at radius 3 is 1.88 bits per heavy atom. The number of benzene rings is 1. The molecule has 2 aromatic rings. The summed E-state index contributed by atoms with van der Waals surface area (Å²) in [5.41, 5.74) is 7.26. The van der Waals surface area contributed by atoms with Crippen LogP contribution in [0, 0.1) is 0 Å². The molecular weight excluding hydrogens is 300 g/mol. The summed E-state index contributed by atoms with van der Waals surface area (Å²) in [7, 11) is 0. The van der Waals surface area contributed by atoms with E-state index in [9.17, 15) is 0 Å². The molecule has 4 rings (SSSR count). The largest absolute Gasteiger partial charge is 0.368 e. The Hall–Kier alpha value is -2.50. The lowest BCUT2D eigenvalue weighted by Gasteiger charge is -2.37. The number of nitrogen functional groups attached to an aromatic ring is 1. The quantitative estimate of drug-likeness (QED) is 0.931. The third-order valence-electron chi connectivity index (χ3n) is 4.87. The molecule has 0 amide bonds. The lowest BCUT2D eigenvalue weighted by molar-refractivity contribution is 0.647. The summed E-state index contributed by atoms with van der Waals surface area (Å²) >= 11 is 0. The third kappa shape index (κ3) is 3.09. The van der Waals surface area contributed by atoms with Crippen molar-refractivity contribution in [1.82, 2.24) is 9.97 Å². The first kappa shape index (κ1) is 15.1. The van der Waals surface area contributed by atoms with Crippen LogP contribution in [0.25, 0.3) is 0 Å². The van der Waals surface area contributed by atoms with Crippen LogP contribution in [0.2, 0.25) is 0 Å². The van der Waals surface area contributed by atoms with Crippen LogP contribution >= 0.6 is 0 Å². The van der Waals surface area contributed by atoms with Gasteiger partial charge in [0.25, 0.3) is 0 Å². The van der Waals surface area contributed by atoms with Crippen LogP contribution in [-0.2, 0) is 0 Å². The molecule has 3 heterocycles. The number of anilines is 4. The van der Waals surface area contributed by atoms with Gasteiger partial charge in [-0.05, 0) is 25.0 Å². The van der Waals surface area contributed by atoms with Crippen LogP contribution in [0.4, 0.5) is 23.3 Å². The molecular formula is C18H24N6. The van der Waals surface area contributed by atoms with Crippen molar-refractivity contribution in [2.75, 3.05) is 59.7 Å². The van der Waals surface area contributed by atoms with E-state index in [0.29, 0.717) is 5.95 Å². The van der Waals surface area contributed by atoms with Crippen LogP contribution in [0.15, 0.2) is 36.4 Å². The number of piperazine rings is 1. The second-order valence-electron chi connectivity index (χ2n) is 6.45. The van der Waals surface area contributed by atoms with Gasteiger partial charge in [0.15, 0.2) is 0 Å². The fourth-order valence-electron chi connectivity index (χ4n) is 3.54. The summed E-state index contributed by atoms with van der Waals surface area (Å²) in [6.07, 6.45) is 2.46. The Labute approximate surface area is 142 Å². The zero-order chi connectivity index (χ0) is 16.4. The number of hydrogen-bond donors (Lipinski definition) is 1. The minimum atomic E-state index is 0.375. The Morgan fingerprint density at radius 1 is 0.708 bits per heavy atom. The van der Waals surface area contributed by atoms with Gasteiger partial charge in [-0.15, -0.1) is 0 Å². The van der Waals surface area contributed by atoms with Gasteiger partial charge in [-0.3, -0.25) is 0 Å². The van der Waals surface area contributed by atoms with Crippen molar-refractivity contribution in [3.8, 4) is 0 Å². The summed E-state index contributed by atoms with van der Waals surface area (Å²) in [5, 5.41) is 0. The van der Waals surface area contributed by atoms with Crippen molar-refractivity contribution in [2.45, 2.75) is 12.8 Å². The molecule has 1 aromatic carbocycles. The number of nitrogens with zero attached hydrogens (tertiary/aromatic N) is 5. The highest BCUT2D eigenvalue weighted by molar-refractivity contribution is 5.56. The van der Waals surface area contributed by atoms with Gasteiger partial charge in [-0.2, -0.15) is 9.97 Å². The molecule has 0 atom stereocenters. The molecule has 2 aliphatic heterocycles. The summed E-state index contributed by atoms with van der Waals surface area (Å²) < 4.78 is 0. The van der Waals surface area contributed by atoms with Crippen LogP contribution in [0.5, 0.6) is 0 Å². The number of hydrogen-bond acceptors (Lipinski definition) is 6. The normalized spacial score (nSPS) is 18.2. The molecule has 0 spiro atoms. The fraction of sp³-hybridized carbons (Fsp3) is 0.444. The van der Waals surface area contributed by atoms with Gasteiger partial charge in [0.1, 0.15) is 11.6 Å². The van der Waals surface area contributed by atoms with Gasteiger partial charge >= 0.3 is 0 Å².